The van der Waals surface area contributed by atoms with E-state index >= 15 is 0 Å². The van der Waals surface area contributed by atoms with Gasteiger partial charge in [-0.2, -0.15) is 0 Å². The lowest BCUT2D eigenvalue weighted by Crippen LogP contribution is -2.35. The van der Waals surface area contributed by atoms with E-state index in [0.29, 0.717) is 6.54 Å². The van der Waals surface area contributed by atoms with E-state index < -0.39 is 11.8 Å². The second kappa shape index (κ2) is 10.2. The number of benzene rings is 3. The van der Waals surface area contributed by atoms with Crippen molar-refractivity contribution in [2.45, 2.75) is 26.9 Å². The Morgan fingerprint density at radius 1 is 0.645 bits per heavy atom. The number of amides is 3. The van der Waals surface area contributed by atoms with Crippen LogP contribution in [0.1, 0.15) is 32.6 Å². The Labute approximate surface area is 181 Å². The average Bonchev–Trinajstić information content (AvgIpc) is 2.78. The molecule has 0 aliphatic carbocycles. The molecule has 0 saturated carbocycles. The van der Waals surface area contributed by atoms with Crippen molar-refractivity contribution in [3.05, 3.63) is 101 Å². The smallest absolute Gasteiger partial charge is 0.313 e. The van der Waals surface area contributed by atoms with Gasteiger partial charge in [-0.15, -0.1) is 0 Å². The van der Waals surface area contributed by atoms with Crippen molar-refractivity contribution in [2.24, 2.45) is 0 Å². The summed E-state index contributed by atoms with van der Waals surface area (Å²) >= 11 is 0. The lowest BCUT2D eigenvalue weighted by atomic mass is 10.1. The lowest BCUT2D eigenvalue weighted by molar-refractivity contribution is -0.136. The van der Waals surface area contributed by atoms with Gasteiger partial charge in [-0.1, -0.05) is 60.7 Å². The van der Waals surface area contributed by atoms with Crippen molar-refractivity contribution in [3.8, 4) is 0 Å². The fraction of sp³-hybridized carbons (Fsp3) is 0.160. The third kappa shape index (κ3) is 5.79. The zero-order valence-electron chi connectivity index (χ0n) is 17.6. The van der Waals surface area contributed by atoms with Gasteiger partial charge in [-0.25, -0.2) is 0 Å². The number of anilines is 1. The number of carbonyl (C=O) groups excluding carboxylic acids is 3. The van der Waals surface area contributed by atoms with E-state index in [1.165, 1.54) is 0 Å². The van der Waals surface area contributed by atoms with Crippen LogP contribution in [0.25, 0.3) is 0 Å². The van der Waals surface area contributed by atoms with E-state index in [1.54, 1.807) is 24.3 Å². The Kier molecular flexibility index (Phi) is 7.17. The van der Waals surface area contributed by atoms with Gasteiger partial charge in [0.05, 0.1) is 11.3 Å². The molecule has 3 amide bonds. The van der Waals surface area contributed by atoms with Crippen molar-refractivity contribution in [1.29, 1.82) is 0 Å². The fourth-order valence-electron chi connectivity index (χ4n) is 3.11. The van der Waals surface area contributed by atoms with Gasteiger partial charge in [0.1, 0.15) is 0 Å². The Morgan fingerprint density at radius 3 is 1.77 bits per heavy atom. The number of carbonyl (C=O) groups is 3. The van der Waals surface area contributed by atoms with Crippen LogP contribution >= 0.6 is 0 Å². The minimum Gasteiger partial charge on any atom is -0.348 e. The van der Waals surface area contributed by atoms with Crippen molar-refractivity contribution in [1.82, 2.24) is 10.6 Å². The summed E-state index contributed by atoms with van der Waals surface area (Å²) in [5, 5.41) is 8.01. The van der Waals surface area contributed by atoms with Gasteiger partial charge in [0.15, 0.2) is 0 Å². The van der Waals surface area contributed by atoms with Crippen LogP contribution in [0, 0.1) is 13.8 Å². The fourth-order valence-corrected chi connectivity index (χ4v) is 3.11. The van der Waals surface area contributed by atoms with Crippen LogP contribution in [0.2, 0.25) is 0 Å². The van der Waals surface area contributed by atoms with Gasteiger partial charge in [-0.3, -0.25) is 14.4 Å². The summed E-state index contributed by atoms with van der Waals surface area (Å²) in [5.74, 6) is -1.93. The van der Waals surface area contributed by atoms with E-state index in [2.05, 4.69) is 16.0 Å². The molecule has 0 aromatic heterocycles. The highest BCUT2D eigenvalue weighted by Crippen LogP contribution is 2.16. The first-order valence-electron chi connectivity index (χ1n) is 10.0. The van der Waals surface area contributed by atoms with E-state index in [1.807, 2.05) is 62.4 Å². The maximum atomic E-state index is 12.7. The van der Waals surface area contributed by atoms with Crippen LogP contribution < -0.4 is 16.0 Å². The standard InChI is InChI=1S/C25H25N3O3/c1-17-9-3-5-11-19(17)15-26-23(29)21-13-7-8-14-22(21)28-25(31)24(30)27-16-20-12-6-4-10-18(20)2/h3-14H,15-16H2,1-2H3,(H,26,29)(H,27,30)(H,28,31). The van der Waals surface area contributed by atoms with Gasteiger partial charge < -0.3 is 16.0 Å². The molecule has 0 unspecified atom stereocenters. The average molecular weight is 415 g/mol. The summed E-state index contributed by atoms with van der Waals surface area (Å²) in [6, 6.07) is 22.0. The van der Waals surface area contributed by atoms with E-state index in [4.69, 9.17) is 0 Å². The molecular weight excluding hydrogens is 390 g/mol. The first-order chi connectivity index (χ1) is 15.0. The third-order valence-electron chi connectivity index (χ3n) is 5.03. The number of para-hydroxylation sites is 1. The highest BCUT2D eigenvalue weighted by Gasteiger charge is 2.18. The van der Waals surface area contributed by atoms with E-state index in [-0.39, 0.29) is 23.7 Å². The van der Waals surface area contributed by atoms with Crippen molar-refractivity contribution < 1.29 is 14.4 Å². The predicted octanol–water partition coefficient (Wildman–Crippen LogP) is 3.49. The van der Waals surface area contributed by atoms with Crippen molar-refractivity contribution >= 4 is 23.4 Å². The van der Waals surface area contributed by atoms with Gasteiger partial charge in [0.25, 0.3) is 5.91 Å². The molecule has 0 aliphatic heterocycles. The minimum absolute atomic E-state index is 0.248. The summed E-state index contributed by atoms with van der Waals surface area (Å²) in [4.78, 5) is 37.3. The van der Waals surface area contributed by atoms with Crippen LogP contribution in [0.5, 0.6) is 0 Å². The molecule has 6 heteroatoms. The monoisotopic (exact) mass is 415 g/mol. The summed E-state index contributed by atoms with van der Waals surface area (Å²) in [6.45, 7) is 4.53. The molecule has 158 valence electrons. The molecule has 0 atom stereocenters. The summed E-state index contributed by atoms with van der Waals surface area (Å²) in [6.07, 6.45) is 0. The van der Waals surface area contributed by atoms with Crippen LogP contribution in [-0.4, -0.2) is 17.7 Å². The lowest BCUT2D eigenvalue weighted by Gasteiger charge is -2.12. The number of rotatable bonds is 6. The normalized spacial score (nSPS) is 10.3. The molecule has 0 saturated heterocycles. The molecule has 6 nitrogen and oxygen atoms in total. The topological polar surface area (TPSA) is 87.3 Å². The van der Waals surface area contributed by atoms with E-state index in [0.717, 1.165) is 22.3 Å². The first-order valence-corrected chi connectivity index (χ1v) is 10.0. The summed E-state index contributed by atoms with van der Waals surface area (Å²) in [5.41, 5.74) is 4.61. The number of hydrogen-bond acceptors (Lipinski definition) is 3. The number of aryl methyl sites for hydroxylation is 2. The molecule has 0 heterocycles. The molecule has 0 radical (unpaired) electrons. The molecule has 0 spiro atoms. The zero-order valence-corrected chi connectivity index (χ0v) is 17.6. The van der Waals surface area contributed by atoms with Crippen LogP contribution in [0.15, 0.2) is 72.8 Å². The molecular formula is C25H25N3O3. The first kappa shape index (κ1) is 21.8. The van der Waals surface area contributed by atoms with Crippen molar-refractivity contribution in [3.63, 3.8) is 0 Å². The maximum Gasteiger partial charge on any atom is 0.313 e. The van der Waals surface area contributed by atoms with E-state index in [9.17, 15) is 14.4 Å². The second-order valence-electron chi connectivity index (χ2n) is 7.22. The van der Waals surface area contributed by atoms with Gasteiger partial charge in [-0.05, 0) is 48.2 Å². The highest BCUT2D eigenvalue weighted by molar-refractivity contribution is 6.40. The Hall–Kier alpha value is -3.93. The van der Waals surface area contributed by atoms with Crippen LogP contribution in [0.3, 0.4) is 0 Å². The van der Waals surface area contributed by atoms with Gasteiger partial charge in [0.2, 0.25) is 0 Å². The highest BCUT2D eigenvalue weighted by atomic mass is 16.2. The molecule has 31 heavy (non-hydrogen) atoms. The Morgan fingerprint density at radius 2 is 1.16 bits per heavy atom. The quantitative estimate of drug-likeness (QED) is 0.539. The van der Waals surface area contributed by atoms with Crippen LogP contribution in [-0.2, 0) is 22.7 Å². The molecule has 0 aliphatic rings. The molecule has 3 N–H and O–H groups in total. The number of nitrogens with one attached hydrogen (secondary N) is 3. The van der Waals surface area contributed by atoms with Crippen LogP contribution in [0.4, 0.5) is 5.69 Å². The van der Waals surface area contributed by atoms with Crippen molar-refractivity contribution in [2.75, 3.05) is 5.32 Å². The second-order valence-corrected chi connectivity index (χ2v) is 7.22. The Bertz CT molecular complexity index is 1110. The SMILES string of the molecule is Cc1ccccc1CNC(=O)C(=O)Nc1ccccc1C(=O)NCc1ccccc1C. The maximum absolute atomic E-state index is 12.7. The molecule has 3 aromatic carbocycles. The Balaban J connectivity index is 1.62. The largest absolute Gasteiger partial charge is 0.348 e. The molecule has 0 fully saturated rings. The van der Waals surface area contributed by atoms with Gasteiger partial charge >= 0.3 is 11.8 Å². The predicted molar refractivity (Wildman–Crippen MR) is 120 cm³/mol. The minimum atomic E-state index is -0.826. The third-order valence-corrected chi connectivity index (χ3v) is 5.03. The molecule has 3 aromatic rings. The number of hydrogen-bond donors (Lipinski definition) is 3. The molecule has 3 rings (SSSR count). The zero-order chi connectivity index (χ0) is 22.2. The summed E-state index contributed by atoms with van der Waals surface area (Å²) < 4.78 is 0. The molecule has 0 bridgehead atoms. The summed E-state index contributed by atoms with van der Waals surface area (Å²) in [7, 11) is 0. The van der Waals surface area contributed by atoms with Gasteiger partial charge in [0, 0.05) is 13.1 Å².